The Bertz CT molecular complexity index is 721. The maximum atomic E-state index is 11.6. The van der Waals surface area contributed by atoms with Crippen molar-refractivity contribution in [3.05, 3.63) is 29.8 Å². The summed E-state index contributed by atoms with van der Waals surface area (Å²) < 4.78 is 7.32. The minimum Gasteiger partial charge on any atom is -0.466 e. The third-order valence-electron chi connectivity index (χ3n) is 4.76. The van der Waals surface area contributed by atoms with Crippen LogP contribution in [0.3, 0.4) is 0 Å². The zero-order valence-electron chi connectivity index (χ0n) is 15.6. The molecule has 1 heterocycles. The topological polar surface area (TPSA) is 57.0 Å². The predicted molar refractivity (Wildman–Crippen MR) is 104 cm³/mol. The van der Waals surface area contributed by atoms with E-state index in [2.05, 4.69) is 46.0 Å². The van der Waals surface area contributed by atoms with E-state index in [-0.39, 0.29) is 5.97 Å². The molecule has 1 saturated carbocycles. The van der Waals surface area contributed by atoms with Crippen LogP contribution in [0.1, 0.15) is 57.1 Å². The van der Waals surface area contributed by atoms with Crippen molar-refractivity contribution in [2.24, 2.45) is 0 Å². The highest BCUT2D eigenvalue weighted by Gasteiger charge is 2.23. The van der Waals surface area contributed by atoms with Crippen LogP contribution in [-0.2, 0) is 9.53 Å². The summed E-state index contributed by atoms with van der Waals surface area (Å²) in [6.07, 6.45) is 6.55. The molecule has 1 aliphatic rings. The molecule has 0 spiro atoms. The molecular weight excluding hydrogens is 346 g/mol. The predicted octanol–water partition coefficient (Wildman–Crippen LogP) is 4.80. The Balaban J connectivity index is 1.81. The molecule has 0 aliphatic heterocycles. The molecule has 0 atom stereocenters. The van der Waals surface area contributed by atoms with Crippen molar-refractivity contribution in [2.45, 2.75) is 63.6 Å². The van der Waals surface area contributed by atoms with Gasteiger partial charge in [-0.05, 0) is 26.7 Å². The largest absolute Gasteiger partial charge is 0.466 e. The number of aryl methyl sites for hydroxylation is 1. The van der Waals surface area contributed by atoms with E-state index in [0.717, 1.165) is 16.5 Å². The molecule has 0 unspecified atom stereocenters. The van der Waals surface area contributed by atoms with Gasteiger partial charge in [-0.15, -0.1) is 10.2 Å². The van der Waals surface area contributed by atoms with Crippen LogP contribution in [0, 0.1) is 6.92 Å². The highest BCUT2D eigenvalue weighted by Crippen LogP contribution is 2.35. The number of ether oxygens (including phenoxy) is 1. The van der Waals surface area contributed by atoms with Crippen LogP contribution in [-0.4, -0.2) is 33.1 Å². The number of nitrogens with zero attached hydrogens (tertiary/aromatic N) is 3. The summed E-state index contributed by atoms with van der Waals surface area (Å²) in [5.41, 5.74) is 2.34. The van der Waals surface area contributed by atoms with E-state index >= 15 is 0 Å². The first kappa shape index (κ1) is 19.0. The fourth-order valence-corrected chi connectivity index (χ4v) is 4.33. The van der Waals surface area contributed by atoms with E-state index in [4.69, 9.17) is 4.74 Å². The second kappa shape index (κ2) is 9.21. The number of aromatic nitrogens is 3. The van der Waals surface area contributed by atoms with Gasteiger partial charge in [0.05, 0.1) is 13.0 Å². The van der Waals surface area contributed by atoms with Gasteiger partial charge in [0.25, 0.3) is 0 Å². The van der Waals surface area contributed by atoms with Crippen molar-refractivity contribution in [1.82, 2.24) is 14.8 Å². The maximum absolute atomic E-state index is 11.6. The van der Waals surface area contributed by atoms with E-state index < -0.39 is 0 Å². The number of carbonyl (C=O) groups is 1. The van der Waals surface area contributed by atoms with Gasteiger partial charge in [0, 0.05) is 17.4 Å². The van der Waals surface area contributed by atoms with Gasteiger partial charge >= 0.3 is 5.97 Å². The van der Waals surface area contributed by atoms with Crippen molar-refractivity contribution in [1.29, 1.82) is 0 Å². The number of esters is 1. The van der Waals surface area contributed by atoms with Crippen molar-refractivity contribution in [3.63, 3.8) is 0 Å². The number of hydrogen-bond donors (Lipinski definition) is 0. The lowest BCUT2D eigenvalue weighted by atomic mass is 9.95. The first-order valence-electron chi connectivity index (χ1n) is 9.49. The summed E-state index contributed by atoms with van der Waals surface area (Å²) >= 11 is 1.60. The molecule has 0 amide bonds. The van der Waals surface area contributed by atoms with Gasteiger partial charge in [0.1, 0.15) is 0 Å². The zero-order valence-corrected chi connectivity index (χ0v) is 16.4. The summed E-state index contributed by atoms with van der Waals surface area (Å²) in [6, 6.07) is 8.91. The summed E-state index contributed by atoms with van der Waals surface area (Å²) in [4.78, 5) is 11.6. The van der Waals surface area contributed by atoms with Gasteiger partial charge in [0.2, 0.25) is 0 Å². The Morgan fingerprint density at radius 1 is 1.19 bits per heavy atom. The number of carbonyl (C=O) groups excluding carboxylic acids is 1. The summed E-state index contributed by atoms with van der Waals surface area (Å²) in [5, 5.41) is 9.87. The molecule has 0 N–H and O–H groups in total. The van der Waals surface area contributed by atoms with Gasteiger partial charge in [-0.25, -0.2) is 0 Å². The molecule has 1 aromatic carbocycles. The number of thioether (sulfide) groups is 1. The molecule has 0 bridgehead atoms. The average Bonchev–Trinajstić information content (AvgIpc) is 3.07. The van der Waals surface area contributed by atoms with E-state index in [1.165, 1.54) is 37.7 Å². The van der Waals surface area contributed by atoms with Gasteiger partial charge in [-0.2, -0.15) is 0 Å². The van der Waals surface area contributed by atoms with Crippen molar-refractivity contribution < 1.29 is 9.53 Å². The Labute approximate surface area is 159 Å². The smallest absolute Gasteiger partial charge is 0.306 e. The standard InChI is InChI=1S/C20H27N3O2S/c1-3-25-18(24)13-14-26-20-22-21-19(16-11-9-15(2)10-12-16)23(20)17-7-5-4-6-8-17/h9-12,17H,3-8,13-14H2,1-2H3. The molecule has 5 nitrogen and oxygen atoms in total. The van der Waals surface area contributed by atoms with Crippen LogP contribution >= 0.6 is 11.8 Å². The molecule has 1 fully saturated rings. The highest BCUT2D eigenvalue weighted by atomic mass is 32.2. The molecule has 0 saturated heterocycles. The normalized spacial score (nSPS) is 15.2. The van der Waals surface area contributed by atoms with Crippen LogP contribution in [0.5, 0.6) is 0 Å². The first-order chi connectivity index (χ1) is 12.7. The molecule has 6 heteroatoms. The Hall–Kier alpha value is -1.82. The summed E-state index contributed by atoms with van der Waals surface area (Å²) in [6.45, 7) is 4.35. The fraction of sp³-hybridized carbons (Fsp3) is 0.550. The third kappa shape index (κ3) is 4.67. The average molecular weight is 374 g/mol. The molecule has 26 heavy (non-hydrogen) atoms. The third-order valence-corrected chi connectivity index (χ3v) is 5.70. The minimum atomic E-state index is -0.150. The Morgan fingerprint density at radius 3 is 2.62 bits per heavy atom. The number of rotatable bonds is 7. The minimum absolute atomic E-state index is 0.150. The monoisotopic (exact) mass is 373 g/mol. The van der Waals surface area contributed by atoms with Crippen LogP contribution in [0.2, 0.25) is 0 Å². The quantitative estimate of drug-likeness (QED) is 0.515. The maximum Gasteiger partial charge on any atom is 0.306 e. The van der Waals surface area contributed by atoms with Crippen molar-refractivity contribution >= 4 is 17.7 Å². The molecule has 3 rings (SSSR count). The summed E-state index contributed by atoms with van der Waals surface area (Å²) in [7, 11) is 0. The van der Waals surface area contributed by atoms with E-state index in [1.807, 2.05) is 6.92 Å². The molecule has 140 valence electrons. The van der Waals surface area contributed by atoms with Crippen LogP contribution in [0.25, 0.3) is 11.4 Å². The molecular formula is C20H27N3O2S. The SMILES string of the molecule is CCOC(=O)CCSc1nnc(-c2ccc(C)cc2)n1C1CCCCC1. The van der Waals surface area contributed by atoms with Gasteiger partial charge in [-0.1, -0.05) is 60.9 Å². The van der Waals surface area contributed by atoms with Gasteiger partial charge in [-0.3, -0.25) is 9.36 Å². The lowest BCUT2D eigenvalue weighted by Gasteiger charge is -2.25. The Morgan fingerprint density at radius 2 is 1.92 bits per heavy atom. The second-order valence-electron chi connectivity index (χ2n) is 6.74. The van der Waals surface area contributed by atoms with Crippen LogP contribution in [0.15, 0.2) is 29.4 Å². The van der Waals surface area contributed by atoms with Crippen molar-refractivity contribution in [3.8, 4) is 11.4 Å². The van der Waals surface area contributed by atoms with E-state index in [0.29, 0.717) is 24.8 Å². The van der Waals surface area contributed by atoms with E-state index in [9.17, 15) is 4.79 Å². The lowest BCUT2D eigenvalue weighted by Crippen LogP contribution is -2.15. The molecule has 1 aliphatic carbocycles. The zero-order chi connectivity index (χ0) is 18.4. The second-order valence-corrected chi connectivity index (χ2v) is 7.80. The molecule has 1 aromatic heterocycles. The highest BCUT2D eigenvalue weighted by molar-refractivity contribution is 7.99. The van der Waals surface area contributed by atoms with E-state index in [1.54, 1.807) is 11.8 Å². The lowest BCUT2D eigenvalue weighted by molar-refractivity contribution is -0.142. The van der Waals surface area contributed by atoms with Crippen molar-refractivity contribution in [2.75, 3.05) is 12.4 Å². The number of hydrogen-bond acceptors (Lipinski definition) is 5. The molecule has 0 radical (unpaired) electrons. The van der Waals surface area contributed by atoms with Crippen LogP contribution in [0.4, 0.5) is 0 Å². The molecule has 2 aromatic rings. The van der Waals surface area contributed by atoms with Gasteiger partial charge in [0.15, 0.2) is 11.0 Å². The summed E-state index contributed by atoms with van der Waals surface area (Å²) in [5.74, 6) is 1.45. The number of benzene rings is 1. The first-order valence-corrected chi connectivity index (χ1v) is 10.5. The van der Waals surface area contributed by atoms with Gasteiger partial charge < -0.3 is 4.74 Å². The fourth-order valence-electron chi connectivity index (χ4n) is 3.40. The van der Waals surface area contributed by atoms with Crippen LogP contribution < -0.4 is 0 Å². The Kier molecular flexibility index (Phi) is 6.72.